The summed E-state index contributed by atoms with van der Waals surface area (Å²) in [6.45, 7) is 0. The first-order chi connectivity index (χ1) is 34.7. The molecule has 1 atom stereocenters. The van der Waals surface area contributed by atoms with E-state index in [4.69, 9.17) is 4.42 Å². The van der Waals surface area contributed by atoms with Gasteiger partial charge in [-0.2, -0.15) is 0 Å². The van der Waals surface area contributed by atoms with Gasteiger partial charge in [-0.05, 0) is 131 Å². The summed E-state index contributed by atoms with van der Waals surface area (Å²) in [5.74, 6) is 0.298. The van der Waals surface area contributed by atoms with Crippen LogP contribution in [0.1, 0.15) is 51.3 Å². The van der Waals surface area contributed by atoms with Crippen LogP contribution < -0.4 is 0 Å². The van der Waals surface area contributed by atoms with Crippen LogP contribution in [0.5, 0.6) is 0 Å². The Morgan fingerprint density at radius 2 is 0.843 bits per heavy atom. The summed E-state index contributed by atoms with van der Waals surface area (Å²) in [6, 6.07) is 92.5. The Morgan fingerprint density at radius 1 is 0.357 bits per heavy atom. The van der Waals surface area contributed by atoms with E-state index in [-0.39, 0.29) is 5.41 Å². The Balaban J connectivity index is 0.810. The Hall–Kier alpha value is -8.52. The minimum atomic E-state index is -0.361. The fourth-order valence-electron chi connectivity index (χ4n) is 12.5. The molecule has 0 N–H and O–H groups in total. The molecular formula is C69H48O. The molecule has 11 aromatic carbocycles. The van der Waals surface area contributed by atoms with E-state index in [0.29, 0.717) is 5.92 Å². The maximum atomic E-state index is 6.39. The van der Waals surface area contributed by atoms with E-state index in [1.807, 2.05) is 6.07 Å². The number of furan rings is 1. The van der Waals surface area contributed by atoms with Gasteiger partial charge in [-0.3, -0.25) is 0 Å². The average molecular weight is 893 g/mol. The lowest BCUT2D eigenvalue weighted by molar-refractivity contribution is 0.616. The highest BCUT2D eigenvalue weighted by molar-refractivity contribution is 6.09. The lowest BCUT2D eigenvalue weighted by Gasteiger charge is -2.32. The summed E-state index contributed by atoms with van der Waals surface area (Å²) in [5, 5.41) is 4.86. The van der Waals surface area contributed by atoms with Gasteiger partial charge in [-0.15, -0.1) is 0 Å². The van der Waals surface area contributed by atoms with Gasteiger partial charge in [0.2, 0.25) is 0 Å². The van der Waals surface area contributed by atoms with Gasteiger partial charge < -0.3 is 4.42 Å². The fraction of sp³-hybridized carbons (Fsp3) is 0.0725. The van der Waals surface area contributed by atoms with Crippen LogP contribution >= 0.6 is 0 Å². The zero-order valence-electron chi connectivity index (χ0n) is 38.8. The number of fused-ring (bicyclic) bond motifs is 14. The number of rotatable bonds is 9. The van der Waals surface area contributed by atoms with Gasteiger partial charge >= 0.3 is 0 Å². The Bertz CT molecular complexity index is 3890. The molecular weight excluding hydrogens is 845 g/mol. The van der Waals surface area contributed by atoms with Crippen molar-refractivity contribution < 1.29 is 4.42 Å². The molecule has 1 nitrogen and oxygen atoms in total. The summed E-state index contributed by atoms with van der Waals surface area (Å²) in [4.78, 5) is 0. The van der Waals surface area contributed by atoms with Gasteiger partial charge in [-0.1, -0.05) is 243 Å². The Labute approximate surface area is 409 Å². The van der Waals surface area contributed by atoms with Crippen LogP contribution in [-0.4, -0.2) is 0 Å². The normalized spacial score (nSPS) is 13.4. The van der Waals surface area contributed by atoms with E-state index in [1.165, 1.54) is 94.2 Å². The van der Waals surface area contributed by atoms with Crippen molar-refractivity contribution in [2.45, 2.75) is 30.6 Å². The van der Waals surface area contributed by atoms with E-state index in [1.54, 1.807) is 0 Å². The summed E-state index contributed by atoms with van der Waals surface area (Å²) in [6.07, 6.45) is 2.92. The molecule has 1 heteroatoms. The predicted molar refractivity (Wildman–Crippen MR) is 291 cm³/mol. The molecule has 0 saturated carbocycles. The Morgan fingerprint density at radius 3 is 1.57 bits per heavy atom. The SMILES string of the molecule is c1ccc2c(c1)-c1ccccc1C21c2ccccc2-c2cccc(CCC(Cc3ccc(-c4ccc(-c5cccc6c5oc5ccccc56)cc4)cc3)c3ccc(-c4cccc5ccccc45)cc3)c21. The van der Waals surface area contributed by atoms with Crippen LogP contribution in [0.4, 0.5) is 0 Å². The zero-order valence-corrected chi connectivity index (χ0v) is 38.8. The molecule has 1 heterocycles. The fourth-order valence-corrected chi connectivity index (χ4v) is 12.5. The van der Waals surface area contributed by atoms with Gasteiger partial charge in [0, 0.05) is 16.3 Å². The average Bonchev–Trinajstić information content (AvgIpc) is 4.07. The molecule has 0 fully saturated rings. The Kier molecular flexibility index (Phi) is 9.46. The van der Waals surface area contributed by atoms with E-state index in [0.717, 1.165) is 52.3 Å². The van der Waals surface area contributed by atoms with E-state index in [9.17, 15) is 0 Å². The van der Waals surface area contributed by atoms with Gasteiger partial charge in [0.05, 0.1) is 5.41 Å². The third-order valence-electron chi connectivity index (χ3n) is 15.7. The number of para-hydroxylation sites is 2. The topological polar surface area (TPSA) is 13.1 Å². The lowest BCUT2D eigenvalue weighted by Crippen LogP contribution is -2.27. The summed E-state index contributed by atoms with van der Waals surface area (Å²) in [5.41, 5.74) is 23.9. The van der Waals surface area contributed by atoms with Crippen LogP contribution in [0, 0.1) is 0 Å². The van der Waals surface area contributed by atoms with Gasteiger partial charge in [-0.25, -0.2) is 0 Å². The zero-order chi connectivity index (χ0) is 46.2. The maximum Gasteiger partial charge on any atom is 0.143 e. The highest BCUT2D eigenvalue weighted by Crippen LogP contribution is 2.63. The highest BCUT2D eigenvalue weighted by atomic mass is 16.3. The molecule has 1 spiro atoms. The van der Waals surface area contributed by atoms with Crippen LogP contribution in [-0.2, 0) is 18.3 Å². The van der Waals surface area contributed by atoms with E-state index >= 15 is 0 Å². The van der Waals surface area contributed by atoms with Gasteiger partial charge in [0.15, 0.2) is 0 Å². The standard InChI is InChI=1S/C69H48O/c1-2-17-54-49(14-1)15-11-22-55(54)50-38-36-48(37-39-50)53(44-45-30-32-46(33-31-45)47-34-40-51(41-35-47)56-23-13-25-62-60-21-6-10-29-66(60)70-68(56)62)43-42-52-16-12-24-61-59-20-5-9-28-65(59)69(67(52)61)63-26-7-3-18-57(63)58-19-4-8-27-64(58)69/h1-41,53H,42-44H2. The maximum absolute atomic E-state index is 6.39. The molecule has 1 unspecified atom stereocenters. The first-order valence-electron chi connectivity index (χ1n) is 24.8. The number of hydrogen-bond donors (Lipinski definition) is 0. The third-order valence-corrected chi connectivity index (χ3v) is 15.7. The van der Waals surface area contributed by atoms with Crippen LogP contribution in [0.25, 0.3) is 88.3 Å². The number of aryl methyl sites for hydroxylation is 1. The summed E-state index contributed by atoms with van der Waals surface area (Å²) in [7, 11) is 0. The van der Waals surface area contributed by atoms with E-state index in [2.05, 4.69) is 243 Å². The van der Waals surface area contributed by atoms with Gasteiger partial charge in [0.25, 0.3) is 0 Å². The first-order valence-corrected chi connectivity index (χ1v) is 24.8. The van der Waals surface area contributed by atoms with E-state index < -0.39 is 0 Å². The van der Waals surface area contributed by atoms with Crippen molar-refractivity contribution in [3.8, 4) is 55.6 Å². The second-order valence-corrected chi connectivity index (χ2v) is 19.4. The largest absolute Gasteiger partial charge is 0.455 e. The highest BCUT2D eigenvalue weighted by Gasteiger charge is 2.52. The molecule has 0 saturated heterocycles. The molecule has 70 heavy (non-hydrogen) atoms. The molecule has 14 rings (SSSR count). The van der Waals surface area contributed by atoms with Crippen molar-refractivity contribution in [1.82, 2.24) is 0 Å². The van der Waals surface area contributed by atoms with Crippen LogP contribution in [0.2, 0.25) is 0 Å². The van der Waals surface area contributed by atoms with Crippen molar-refractivity contribution in [1.29, 1.82) is 0 Å². The minimum Gasteiger partial charge on any atom is -0.455 e. The van der Waals surface area contributed by atoms with Crippen molar-refractivity contribution in [3.63, 3.8) is 0 Å². The van der Waals surface area contributed by atoms with Crippen molar-refractivity contribution in [3.05, 3.63) is 288 Å². The summed E-state index contributed by atoms with van der Waals surface area (Å²) < 4.78 is 6.39. The third kappa shape index (κ3) is 6.31. The molecule has 0 radical (unpaired) electrons. The predicted octanol–water partition coefficient (Wildman–Crippen LogP) is 18.0. The number of benzene rings is 11. The molecule has 2 aliphatic carbocycles. The molecule has 330 valence electrons. The minimum absolute atomic E-state index is 0.298. The molecule has 0 amide bonds. The smallest absolute Gasteiger partial charge is 0.143 e. The van der Waals surface area contributed by atoms with Gasteiger partial charge in [0.1, 0.15) is 11.2 Å². The van der Waals surface area contributed by atoms with Crippen LogP contribution in [0.15, 0.2) is 253 Å². The lowest BCUT2D eigenvalue weighted by atomic mass is 9.68. The molecule has 12 aromatic rings. The molecule has 0 bridgehead atoms. The van der Waals surface area contributed by atoms with Crippen molar-refractivity contribution >= 4 is 32.7 Å². The second-order valence-electron chi connectivity index (χ2n) is 19.4. The molecule has 0 aliphatic heterocycles. The number of hydrogen-bond acceptors (Lipinski definition) is 1. The van der Waals surface area contributed by atoms with Crippen LogP contribution in [0.3, 0.4) is 0 Å². The second kappa shape index (κ2) is 16.3. The first kappa shape index (κ1) is 40.5. The quantitative estimate of drug-likeness (QED) is 0.141. The summed E-state index contributed by atoms with van der Waals surface area (Å²) >= 11 is 0. The molecule has 1 aromatic heterocycles. The molecule has 2 aliphatic rings. The van der Waals surface area contributed by atoms with Crippen molar-refractivity contribution in [2.75, 3.05) is 0 Å². The monoisotopic (exact) mass is 892 g/mol. The van der Waals surface area contributed by atoms with Crippen molar-refractivity contribution in [2.24, 2.45) is 0 Å².